The van der Waals surface area contributed by atoms with Crippen LogP contribution in [0.15, 0.2) is 46.6 Å². The fraction of sp³-hybridized carbons (Fsp3) is 0.843. The largest absolute Gasteiger partial charge is 0.394 e. The quantitative estimate of drug-likeness (QED) is 0.0286. The van der Waals surface area contributed by atoms with Crippen LogP contribution < -0.4 is 0 Å². The monoisotopic (exact) mass is 883 g/mol. The van der Waals surface area contributed by atoms with Crippen LogP contribution in [0.4, 0.5) is 0 Å². The van der Waals surface area contributed by atoms with Gasteiger partial charge in [-0.25, -0.2) is 0 Å². The Bertz CT molecular complexity index is 1350. The lowest BCUT2D eigenvalue weighted by Gasteiger charge is -2.39. The Morgan fingerprint density at radius 3 is 1.24 bits per heavy atom. The molecule has 364 valence electrons. The third-order valence-corrected chi connectivity index (χ3v) is 12.8. The average Bonchev–Trinajstić information content (AvgIpc) is 3.13. The van der Waals surface area contributed by atoms with E-state index in [0.717, 1.165) is 63.4 Å². The Kier molecular flexibility index (Phi) is 26.9. The second-order valence-corrected chi connectivity index (χ2v) is 20.8. The Labute approximate surface area is 377 Å². The molecule has 0 aromatic rings. The van der Waals surface area contributed by atoms with E-state index in [9.17, 15) is 46.0 Å². The van der Waals surface area contributed by atoms with Crippen molar-refractivity contribution in [3.8, 4) is 0 Å². The van der Waals surface area contributed by atoms with Gasteiger partial charge in [-0.1, -0.05) is 46.6 Å². The Morgan fingerprint density at radius 1 is 0.468 bits per heavy atom. The molecule has 1 saturated heterocycles. The topological polar surface area (TPSA) is 201 Å². The van der Waals surface area contributed by atoms with Crippen molar-refractivity contribution in [2.24, 2.45) is 0 Å². The fourth-order valence-corrected chi connectivity index (χ4v) is 8.33. The number of aliphatic hydroxyl groups excluding tert-OH is 4. The Balaban J connectivity index is 2.28. The molecule has 0 aliphatic carbocycles. The van der Waals surface area contributed by atoms with Crippen molar-refractivity contribution in [2.75, 3.05) is 13.2 Å². The summed E-state index contributed by atoms with van der Waals surface area (Å²) in [7, 11) is 0. The van der Waals surface area contributed by atoms with Gasteiger partial charge in [0.2, 0.25) is 0 Å². The van der Waals surface area contributed by atoms with Crippen molar-refractivity contribution in [1.82, 2.24) is 0 Å². The van der Waals surface area contributed by atoms with Gasteiger partial charge in [0.15, 0.2) is 6.29 Å². The molecule has 0 unspecified atom stereocenters. The molecular formula is C51H94O11. The molecule has 0 bridgehead atoms. The van der Waals surface area contributed by atoms with Crippen molar-refractivity contribution < 1.29 is 55.4 Å². The van der Waals surface area contributed by atoms with E-state index in [1.54, 1.807) is 0 Å². The Morgan fingerprint density at radius 2 is 0.839 bits per heavy atom. The number of aliphatic hydroxyl groups is 9. The van der Waals surface area contributed by atoms with Gasteiger partial charge in [-0.15, -0.1) is 0 Å². The number of ether oxygens (including phenoxy) is 2. The van der Waals surface area contributed by atoms with Crippen LogP contribution in [-0.2, 0) is 9.47 Å². The molecule has 9 N–H and O–H groups in total. The van der Waals surface area contributed by atoms with E-state index in [4.69, 9.17) is 9.47 Å². The highest BCUT2D eigenvalue weighted by molar-refractivity contribution is 5.06. The molecule has 1 aliphatic heterocycles. The maximum absolute atomic E-state index is 11.1. The first-order valence-corrected chi connectivity index (χ1v) is 23.8. The predicted octanol–water partition coefficient (Wildman–Crippen LogP) is 8.56. The van der Waals surface area contributed by atoms with Crippen LogP contribution in [0.1, 0.15) is 204 Å². The lowest BCUT2D eigenvalue weighted by atomic mass is 9.84. The van der Waals surface area contributed by atoms with E-state index < -0.39 is 65.3 Å². The van der Waals surface area contributed by atoms with Gasteiger partial charge < -0.3 is 55.4 Å². The van der Waals surface area contributed by atoms with Crippen LogP contribution in [0.25, 0.3) is 0 Å². The minimum Gasteiger partial charge on any atom is -0.394 e. The first kappa shape index (κ1) is 58.5. The number of allylic oxidation sites excluding steroid dienone is 7. The predicted molar refractivity (Wildman–Crippen MR) is 250 cm³/mol. The number of hydrogen-bond acceptors (Lipinski definition) is 11. The molecule has 0 amide bonds. The summed E-state index contributed by atoms with van der Waals surface area (Å²) in [6, 6.07) is 0. The second kappa shape index (κ2) is 28.5. The molecule has 11 nitrogen and oxygen atoms in total. The molecule has 1 fully saturated rings. The molecule has 62 heavy (non-hydrogen) atoms. The summed E-state index contributed by atoms with van der Waals surface area (Å²) in [4.78, 5) is 0. The summed E-state index contributed by atoms with van der Waals surface area (Å²) in [5.74, 6) is 0. The zero-order chi connectivity index (χ0) is 47.2. The van der Waals surface area contributed by atoms with Gasteiger partial charge in [0, 0.05) is 0 Å². The third kappa shape index (κ3) is 27.1. The van der Waals surface area contributed by atoms with Gasteiger partial charge in [0.25, 0.3) is 0 Å². The van der Waals surface area contributed by atoms with E-state index in [0.29, 0.717) is 77.0 Å². The lowest BCUT2D eigenvalue weighted by molar-refractivity contribution is -0.298. The van der Waals surface area contributed by atoms with Gasteiger partial charge in [-0.2, -0.15) is 0 Å². The summed E-state index contributed by atoms with van der Waals surface area (Å²) in [5.41, 5.74) is 0.929. The number of hydrogen-bond donors (Lipinski definition) is 9. The van der Waals surface area contributed by atoms with Gasteiger partial charge in [0.05, 0.1) is 41.2 Å². The van der Waals surface area contributed by atoms with Gasteiger partial charge in [-0.05, 0) is 204 Å². The first-order valence-electron chi connectivity index (χ1n) is 23.8. The highest BCUT2D eigenvalue weighted by Crippen LogP contribution is 2.31. The van der Waals surface area contributed by atoms with E-state index in [-0.39, 0.29) is 6.61 Å². The molecule has 11 heteroatoms. The second-order valence-electron chi connectivity index (χ2n) is 20.8. The molecule has 1 aliphatic rings. The minimum absolute atomic E-state index is 0.173. The molecule has 0 aromatic carbocycles. The highest BCUT2D eigenvalue weighted by atomic mass is 16.7. The molecule has 0 spiro atoms. The standard InChI is InChI=1S/C51H94O11/c1-38(2)19-13-26-47(6,56)28-15-30-49(8,58)32-17-34-51(10,60)35-18-33-50(9,59)31-16-29-48(7,57)27-14-24-40(4)22-11-20-39(3)21-12-23-41(5)25-36-61-46-45(55)44(54)43(53)42(37-52)62-46/h19,21-22,25,42-46,52-60H,11-18,20,23-24,26-37H2,1-10H3/b39-21+,40-22+,41-25+/t42-,43-,44+,45+,46+,47+,48+,49+,50-,51+/m1/s1. The van der Waals surface area contributed by atoms with E-state index in [1.807, 2.05) is 47.6 Å². The van der Waals surface area contributed by atoms with Crippen LogP contribution in [0.5, 0.6) is 0 Å². The summed E-state index contributed by atoms with van der Waals surface area (Å²) < 4.78 is 10.9. The van der Waals surface area contributed by atoms with Crippen molar-refractivity contribution in [3.05, 3.63) is 46.6 Å². The van der Waals surface area contributed by atoms with Crippen LogP contribution in [0.3, 0.4) is 0 Å². The molecular weight excluding hydrogens is 789 g/mol. The van der Waals surface area contributed by atoms with Crippen LogP contribution >= 0.6 is 0 Å². The van der Waals surface area contributed by atoms with Crippen LogP contribution in [0.2, 0.25) is 0 Å². The first-order chi connectivity index (χ1) is 28.7. The maximum Gasteiger partial charge on any atom is 0.187 e. The molecule has 1 heterocycles. The highest BCUT2D eigenvalue weighted by Gasteiger charge is 2.44. The summed E-state index contributed by atoms with van der Waals surface area (Å²) in [6.45, 7) is 19.4. The van der Waals surface area contributed by atoms with Crippen molar-refractivity contribution >= 4 is 0 Å². The van der Waals surface area contributed by atoms with Gasteiger partial charge in [-0.3, -0.25) is 0 Å². The molecule has 0 aromatic heterocycles. The third-order valence-electron chi connectivity index (χ3n) is 12.8. The van der Waals surface area contributed by atoms with Crippen molar-refractivity contribution in [3.63, 3.8) is 0 Å². The minimum atomic E-state index is -1.45. The molecule has 0 saturated carbocycles. The zero-order valence-electron chi connectivity index (χ0n) is 40.8. The maximum atomic E-state index is 11.1. The van der Waals surface area contributed by atoms with E-state index in [2.05, 4.69) is 45.9 Å². The van der Waals surface area contributed by atoms with Crippen molar-refractivity contribution in [1.29, 1.82) is 0 Å². The molecule has 10 atom stereocenters. The van der Waals surface area contributed by atoms with Gasteiger partial charge in [0.1, 0.15) is 24.4 Å². The normalized spacial score (nSPS) is 25.3. The average molecular weight is 883 g/mol. The number of rotatable bonds is 33. The van der Waals surface area contributed by atoms with Crippen molar-refractivity contribution in [2.45, 2.75) is 263 Å². The molecule has 0 radical (unpaired) electrons. The van der Waals surface area contributed by atoms with Crippen LogP contribution in [0, 0.1) is 0 Å². The summed E-state index contributed by atoms with van der Waals surface area (Å²) in [6.07, 6.45) is 17.7. The zero-order valence-corrected chi connectivity index (χ0v) is 40.8. The smallest absolute Gasteiger partial charge is 0.187 e. The fourth-order valence-electron chi connectivity index (χ4n) is 8.33. The summed E-state index contributed by atoms with van der Waals surface area (Å²) in [5, 5.41) is 94.1. The van der Waals surface area contributed by atoms with Gasteiger partial charge >= 0.3 is 0 Å². The lowest BCUT2D eigenvalue weighted by Crippen LogP contribution is -2.59. The van der Waals surface area contributed by atoms with Crippen LogP contribution in [-0.4, -0.2) is 118 Å². The SMILES string of the molecule is CC(C)=CCC[C@](C)(O)CCC[C@](C)(O)CCC[C@](C)(O)CCC[C@](C)(O)CCC[C@@](C)(O)CCC/C(C)=C/CC/C(C)=C/CC/C(C)=C/CO[C@H]1O[C@H](CO)[C@@H](O)[C@H](O)[C@@H]1O. The van der Waals surface area contributed by atoms with E-state index in [1.165, 1.54) is 16.7 Å². The van der Waals surface area contributed by atoms with E-state index >= 15 is 0 Å². The summed E-state index contributed by atoms with van der Waals surface area (Å²) >= 11 is 0. The molecule has 1 rings (SSSR count). The Hall–Kier alpha value is -1.48.